The van der Waals surface area contributed by atoms with Crippen molar-refractivity contribution in [1.82, 2.24) is 4.98 Å². The van der Waals surface area contributed by atoms with E-state index in [9.17, 15) is 19.5 Å². The van der Waals surface area contributed by atoms with E-state index in [1.807, 2.05) is 44.2 Å². The van der Waals surface area contributed by atoms with Gasteiger partial charge in [-0.25, -0.2) is 9.78 Å². The van der Waals surface area contributed by atoms with E-state index in [4.69, 9.17) is 18.9 Å². The molecular formula is C35H32N2O8S. The van der Waals surface area contributed by atoms with Crippen molar-refractivity contribution in [3.63, 3.8) is 0 Å². The lowest BCUT2D eigenvalue weighted by molar-refractivity contribution is -0.132. The number of anilines is 1. The number of ether oxygens (including phenoxy) is 4. The third kappa shape index (κ3) is 5.69. The van der Waals surface area contributed by atoms with E-state index in [-0.39, 0.29) is 27.4 Å². The highest BCUT2D eigenvalue weighted by Gasteiger charge is 2.49. The summed E-state index contributed by atoms with van der Waals surface area (Å²) in [5, 5.41) is 11.8. The number of Topliss-reactive ketones (excluding diaryl/α,β-unsaturated/α-hetero) is 1. The molecule has 0 bridgehead atoms. The normalized spacial score (nSPS) is 18.3. The second kappa shape index (κ2) is 12.7. The number of amides is 1. The van der Waals surface area contributed by atoms with Crippen molar-refractivity contribution >= 4 is 39.9 Å². The predicted molar refractivity (Wildman–Crippen MR) is 172 cm³/mol. The number of hydrogen-bond acceptors (Lipinski definition) is 10. The van der Waals surface area contributed by atoms with Gasteiger partial charge in [0.2, 0.25) is 0 Å². The second-order valence-electron chi connectivity index (χ2n) is 10.9. The van der Waals surface area contributed by atoms with Crippen molar-refractivity contribution < 1.29 is 38.4 Å². The number of rotatable bonds is 9. The van der Waals surface area contributed by atoms with Gasteiger partial charge in [-0.2, -0.15) is 0 Å². The Morgan fingerprint density at radius 3 is 2.59 bits per heavy atom. The molecule has 1 saturated heterocycles. The Morgan fingerprint density at radius 1 is 1.07 bits per heavy atom. The number of aliphatic hydroxyl groups excluding tert-OH is 1. The van der Waals surface area contributed by atoms with Crippen LogP contribution in [-0.2, 0) is 27.4 Å². The lowest BCUT2D eigenvalue weighted by atomic mass is 9.94. The van der Waals surface area contributed by atoms with Gasteiger partial charge in [0.25, 0.3) is 5.78 Å². The maximum absolute atomic E-state index is 13.8. The van der Waals surface area contributed by atoms with Gasteiger partial charge in [-0.3, -0.25) is 14.5 Å². The Labute approximate surface area is 269 Å². The maximum Gasteiger partial charge on any atom is 0.350 e. The van der Waals surface area contributed by atoms with E-state index in [0.717, 1.165) is 22.5 Å². The Balaban J connectivity index is 1.48. The molecule has 236 valence electrons. The average molecular weight is 641 g/mol. The van der Waals surface area contributed by atoms with Gasteiger partial charge in [0, 0.05) is 12.0 Å². The van der Waals surface area contributed by atoms with Crippen molar-refractivity contribution in [2.75, 3.05) is 18.6 Å². The van der Waals surface area contributed by atoms with Crippen LogP contribution in [-0.4, -0.2) is 47.6 Å². The van der Waals surface area contributed by atoms with Gasteiger partial charge in [-0.1, -0.05) is 47.7 Å². The summed E-state index contributed by atoms with van der Waals surface area (Å²) in [6, 6.07) is 18.9. The molecule has 2 atom stereocenters. The van der Waals surface area contributed by atoms with Crippen LogP contribution < -0.4 is 19.1 Å². The molecule has 6 rings (SSSR count). The fraction of sp³-hybridized carbons (Fsp3) is 0.257. The van der Waals surface area contributed by atoms with Crippen molar-refractivity contribution in [1.29, 1.82) is 0 Å². The van der Waals surface area contributed by atoms with Crippen LogP contribution in [0.4, 0.5) is 5.13 Å². The van der Waals surface area contributed by atoms with E-state index < -0.39 is 23.7 Å². The molecule has 0 unspecified atom stereocenters. The highest BCUT2D eigenvalue weighted by atomic mass is 32.1. The molecule has 0 saturated carbocycles. The Hall–Kier alpha value is -5.16. The maximum atomic E-state index is 13.8. The molecule has 1 aromatic heterocycles. The molecule has 3 heterocycles. The van der Waals surface area contributed by atoms with E-state index in [1.54, 1.807) is 43.3 Å². The Kier molecular flexibility index (Phi) is 8.50. The van der Waals surface area contributed by atoms with Crippen molar-refractivity contribution in [2.45, 2.75) is 45.9 Å². The number of benzene rings is 3. The molecule has 11 heteroatoms. The van der Waals surface area contributed by atoms with Crippen LogP contribution in [0, 0.1) is 6.92 Å². The Bertz CT molecular complexity index is 1870. The molecule has 1 fully saturated rings. The number of fused-ring (bicyclic) bond motifs is 1. The first-order valence-corrected chi connectivity index (χ1v) is 15.6. The fourth-order valence-corrected chi connectivity index (χ4v) is 6.67. The van der Waals surface area contributed by atoms with Crippen LogP contribution in [0.15, 0.2) is 72.3 Å². The molecule has 1 N–H and O–H groups in total. The summed E-state index contributed by atoms with van der Waals surface area (Å²) in [4.78, 5) is 45.9. The highest BCUT2D eigenvalue weighted by molar-refractivity contribution is 7.17. The number of methoxy groups -OCH3 is 1. The molecule has 2 aliphatic heterocycles. The molecule has 3 aromatic carbocycles. The zero-order valence-corrected chi connectivity index (χ0v) is 26.6. The standard InChI is InChI=1S/C35H32N2O8S/c1-5-43-27-17-22(11-14-26(27)44-18-21-9-7-6-8-10-21)29-28(30(38)23-12-13-25-24(16-23)15-19(2)45-25)31(39)33(40)37(29)35-36-20(3)32(46-35)34(41)42-4/h6-14,16-17,19,29,38H,5,15,18H2,1-4H3/b30-28+/t19-,29-/m0/s1. The third-order valence-corrected chi connectivity index (χ3v) is 8.93. The monoisotopic (exact) mass is 640 g/mol. The molecule has 0 radical (unpaired) electrons. The highest BCUT2D eigenvalue weighted by Crippen LogP contribution is 2.46. The zero-order valence-electron chi connectivity index (χ0n) is 25.7. The summed E-state index contributed by atoms with van der Waals surface area (Å²) in [5.41, 5.74) is 2.93. The average Bonchev–Trinajstić information content (AvgIpc) is 3.71. The minimum absolute atomic E-state index is 0.0188. The van der Waals surface area contributed by atoms with Crippen LogP contribution >= 0.6 is 11.3 Å². The fourth-order valence-electron chi connectivity index (χ4n) is 5.65. The van der Waals surface area contributed by atoms with Crippen LogP contribution in [0.25, 0.3) is 5.76 Å². The number of nitrogens with zero attached hydrogens (tertiary/aromatic N) is 2. The van der Waals surface area contributed by atoms with Crippen LogP contribution in [0.3, 0.4) is 0 Å². The molecular weight excluding hydrogens is 608 g/mol. The second-order valence-corrected chi connectivity index (χ2v) is 11.9. The third-order valence-electron chi connectivity index (χ3n) is 7.80. The molecule has 2 aliphatic rings. The van der Waals surface area contributed by atoms with Crippen molar-refractivity contribution in [3.8, 4) is 17.2 Å². The van der Waals surface area contributed by atoms with E-state index in [0.29, 0.717) is 53.7 Å². The predicted octanol–water partition coefficient (Wildman–Crippen LogP) is 6.17. The number of aryl methyl sites for hydroxylation is 1. The van der Waals surface area contributed by atoms with Gasteiger partial charge in [0.1, 0.15) is 29.1 Å². The van der Waals surface area contributed by atoms with E-state index in [1.165, 1.54) is 12.0 Å². The summed E-state index contributed by atoms with van der Waals surface area (Å²) in [5.74, 6) is -1.14. The van der Waals surface area contributed by atoms with Crippen LogP contribution in [0.5, 0.6) is 17.2 Å². The summed E-state index contributed by atoms with van der Waals surface area (Å²) < 4.78 is 22.7. The van der Waals surface area contributed by atoms with E-state index in [2.05, 4.69) is 4.98 Å². The lowest BCUT2D eigenvalue weighted by Crippen LogP contribution is -2.29. The molecule has 4 aromatic rings. The smallest absolute Gasteiger partial charge is 0.350 e. The number of carbonyl (C=O) groups excluding carboxylic acids is 3. The SMILES string of the molecule is CCOc1cc([C@H]2/C(=C(\O)c3ccc4c(c3)C[C@H](C)O4)C(=O)C(=O)N2c2nc(C)c(C(=O)OC)s2)ccc1OCc1ccccc1. The summed E-state index contributed by atoms with van der Waals surface area (Å²) in [6.07, 6.45) is 0.625. The number of esters is 1. The zero-order chi connectivity index (χ0) is 32.5. The van der Waals surface area contributed by atoms with Crippen molar-refractivity contribution in [2.24, 2.45) is 0 Å². The van der Waals surface area contributed by atoms with Gasteiger partial charge in [0.15, 0.2) is 16.6 Å². The Morgan fingerprint density at radius 2 is 1.85 bits per heavy atom. The van der Waals surface area contributed by atoms with Gasteiger partial charge in [0.05, 0.1) is 31.0 Å². The first-order valence-electron chi connectivity index (χ1n) is 14.8. The van der Waals surface area contributed by atoms with Crippen LogP contribution in [0.1, 0.15) is 57.5 Å². The quantitative estimate of drug-likeness (QED) is 0.0991. The number of hydrogen-bond donors (Lipinski definition) is 1. The summed E-state index contributed by atoms with van der Waals surface area (Å²) in [6.45, 7) is 6.04. The number of ketones is 1. The number of carbonyl (C=O) groups is 3. The summed E-state index contributed by atoms with van der Waals surface area (Å²) >= 11 is 0.934. The van der Waals surface area contributed by atoms with Gasteiger partial charge in [-0.05, 0) is 67.8 Å². The minimum atomic E-state index is -1.10. The topological polar surface area (TPSA) is 124 Å². The first kappa shape index (κ1) is 30.8. The molecule has 0 spiro atoms. The molecule has 10 nitrogen and oxygen atoms in total. The minimum Gasteiger partial charge on any atom is -0.507 e. The first-order chi connectivity index (χ1) is 22.2. The van der Waals surface area contributed by atoms with Gasteiger partial charge in [-0.15, -0.1) is 0 Å². The molecule has 0 aliphatic carbocycles. The van der Waals surface area contributed by atoms with E-state index >= 15 is 0 Å². The molecule has 1 amide bonds. The lowest BCUT2D eigenvalue weighted by Gasteiger charge is -2.24. The van der Waals surface area contributed by atoms with Crippen molar-refractivity contribution in [3.05, 3.63) is 105 Å². The largest absolute Gasteiger partial charge is 0.507 e. The number of aromatic nitrogens is 1. The number of thiazole rings is 1. The van der Waals surface area contributed by atoms with Gasteiger partial charge >= 0.3 is 11.9 Å². The summed E-state index contributed by atoms with van der Waals surface area (Å²) in [7, 11) is 1.26. The number of aliphatic hydroxyl groups is 1. The molecule has 46 heavy (non-hydrogen) atoms. The van der Waals surface area contributed by atoms with Gasteiger partial charge < -0.3 is 24.1 Å². The van der Waals surface area contributed by atoms with Crippen LogP contribution in [0.2, 0.25) is 0 Å².